The predicted molar refractivity (Wildman–Crippen MR) is 115 cm³/mol. The summed E-state index contributed by atoms with van der Waals surface area (Å²) in [7, 11) is 0. The number of rotatable bonds is 2. The summed E-state index contributed by atoms with van der Waals surface area (Å²) in [5.74, 6) is 1.04. The van der Waals surface area contributed by atoms with Crippen molar-refractivity contribution in [3.05, 3.63) is 125 Å². The fraction of sp³-hybridized carbons (Fsp3) is 0. The van der Waals surface area contributed by atoms with Gasteiger partial charge in [-0.05, 0) is 54.6 Å². The Hall–Kier alpha value is -3.18. The summed E-state index contributed by atoms with van der Waals surface area (Å²) in [6.07, 6.45) is 0. The highest BCUT2D eigenvalue weighted by atomic mass is 79.9. The normalized spacial score (nSPS) is 9.34. The number of phenols is 1. The third kappa shape index (κ3) is 9.53. The standard InChI is InChI=1S/C12H9FO.C6H4BrF.C6H6O/c13-10-5-4-8-12(9-10)14-11-6-2-1-3-7-11;7-5-2-1-3-6(8)4-5;7-6-4-2-1-3-5-6/h1-9H;1-4H;1-5,7H. The number of ether oxygens (including phenoxy) is 1. The van der Waals surface area contributed by atoms with Crippen molar-refractivity contribution in [1.29, 1.82) is 0 Å². The van der Waals surface area contributed by atoms with Gasteiger partial charge in [0.1, 0.15) is 28.9 Å². The summed E-state index contributed by atoms with van der Waals surface area (Å²) in [6.45, 7) is 0. The van der Waals surface area contributed by atoms with Gasteiger partial charge in [-0.25, -0.2) is 8.78 Å². The van der Waals surface area contributed by atoms with Crippen LogP contribution in [0.5, 0.6) is 17.2 Å². The molecule has 0 heterocycles. The van der Waals surface area contributed by atoms with E-state index in [0.717, 1.165) is 4.47 Å². The zero-order chi connectivity index (χ0) is 20.9. The number of hydrogen-bond donors (Lipinski definition) is 1. The molecule has 0 bridgehead atoms. The minimum atomic E-state index is -0.293. The molecule has 0 amide bonds. The van der Waals surface area contributed by atoms with Gasteiger partial charge in [-0.2, -0.15) is 0 Å². The minimum Gasteiger partial charge on any atom is -0.508 e. The van der Waals surface area contributed by atoms with Crippen LogP contribution in [0, 0.1) is 11.6 Å². The molecule has 148 valence electrons. The monoisotopic (exact) mass is 456 g/mol. The lowest BCUT2D eigenvalue weighted by Crippen LogP contribution is -1.83. The van der Waals surface area contributed by atoms with Crippen LogP contribution in [0.2, 0.25) is 0 Å². The number of phenolic OH excluding ortho intramolecular Hbond substituents is 1. The molecule has 0 spiro atoms. The molecule has 0 aliphatic rings. The van der Waals surface area contributed by atoms with Crippen molar-refractivity contribution in [2.75, 3.05) is 0 Å². The van der Waals surface area contributed by atoms with Gasteiger partial charge in [0, 0.05) is 10.5 Å². The van der Waals surface area contributed by atoms with Crippen molar-refractivity contribution in [3.63, 3.8) is 0 Å². The first-order valence-electron chi connectivity index (χ1n) is 8.66. The first-order valence-corrected chi connectivity index (χ1v) is 9.46. The third-order valence-corrected chi connectivity index (χ3v) is 3.81. The van der Waals surface area contributed by atoms with Gasteiger partial charge in [0.05, 0.1) is 0 Å². The Balaban J connectivity index is 0.000000170. The fourth-order valence-electron chi connectivity index (χ4n) is 2.04. The number of hydrogen-bond acceptors (Lipinski definition) is 2. The van der Waals surface area contributed by atoms with Crippen LogP contribution in [0.3, 0.4) is 0 Å². The number of para-hydroxylation sites is 2. The SMILES string of the molecule is Fc1cccc(Br)c1.Fc1cccc(Oc2ccccc2)c1.Oc1ccccc1. The van der Waals surface area contributed by atoms with Gasteiger partial charge in [-0.3, -0.25) is 0 Å². The number of benzene rings is 4. The Morgan fingerprint density at radius 2 is 1.10 bits per heavy atom. The topological polar surface area (TPSA) is 29.5 Å². The summed E-state index contributed by atoms with van der Waals surface area (Å²) < 4.78 is 31.1. The second kappa shape index (κ2) is 12.3. The van der Waals surface area contributed by atoms with Crippen molar-refractivity contribution in [2.24, 2.45) is 0 Å². The van der Waals surface area contributed by atoms with Crippen LogP contribution in [0.1, 0.15) is 0 Å². The lowest BCUT2D eigenvalue weighted by Gasteiger charge is -2.04. The van der Waals surface area contributed by atoms with E-state index in [4.69, 9.17) is 9.84 Å². The summed E-state index contributed by atoms with van der Waals surface area (Å²) in [6, 6.07) is 30.3. The number of halogens is 3. The van der Waals surface area contributed by atoms with Crippen molar-refractivity contribution in [1.82, 2.24) is 0 Å². The van der Waals surface area contributed by atoms with Gasteiger partial charge in [-0.15, -0.1) is 0 Å². The molecule has 4 aromatic rings. The first kappa shape index (κ1) is 22.1. The molecule has 0 aliphatic carbocycles. The van der Waals surface area contributed by atoms with Crippen molar-refractivity contribution < 1.29 is 18.6 Å². The Morgan fingerprint density at radius 3 is 1.55 bits per heavy atom. The van der Waals surface area contributed by atoms with E-state index in [9.17, 15) is 8.78 Å². The molecule has 2 nitrogen and oxygen atoms in total. The second-order valence-electron chi connectivity index (χ2n) is 5.65. The molecule has 0 atom stereocenters. The summed E-state index contributed by atoms with van der Waals surface area (Å²) >= 11 is 3.12. The fourth-order valence-corrected chi connectivity index (χ4v) is 2.41. The Kier molecular flexibility index (Phi) is 9.39. The lowest BCUT2D eigenvalue weighted by atomic mass is 10.3. The average Bonchev–Trinajstić information content (AvgIpc) is 2.70. The van der Waals surface area contributed by atoms with E-state index in [-0.39, 0.29) is 11.6 Å². The molecule has 0 saturated heterocycles. The maximum atomic E-state index is 12.8. The first-order chi connectivity index (χ1) is 14.0. The highest BCUT2D eigenvalue weighted by molar-refractivity contribution is 9.10. The molecular formula is C24H19BrF2O2. The zero-order valence-corrected chi connectivity index (χ0v) is 17.0. The molecule has 4 rings (SSSR count). The van der Waals surface area contributed by atoms with Crippen molar-refractivity contribution in [3.8, 4) is 17.2 Å². The van der Waals surface area contributed by atoms with Crippen LogP contribution in [-0.4, -0.2) is 5.11 Å². The molecule has 0 aromatic heterocycles. The largest absolute Gasteiger partial charge is 0.508 e. The van der Waals surface area contributed by atoms with Gasteiger partial charge >= 0.3 is 0 Å². The van der Waals surface area contributed by atoms with E-state index in [2.05, 4.69) is 15.9 Å². The van der Waals surface area contributed by atoms with Crippen LogP contribution >= 0.6 is 15.9 Å². The lowest BCUT2D eigenvalue weighted by molar-refractivity contribution is 0.475. The van der Waals surface area contributed by atoms with Crippen LogP contribution in [0.25, 0.3) is 0 Å². The van der Waals surface area contributed by atoms with E-state index < -0.39 is 0 Å². The summed E-state index contributed by atoms with van der Waals surface area (Å²) in [5, 5.41) is 8.63. The van der Waals surface area contributed by atoms with E-state index in [1.165, 1.54) is 24.3 Å². The van der Waals surface area contributed by atoms with E-state index in [1.54, 1.807) is 48.5 Å². The van der Waals surface area contributed by atoms with Crippen LogP contribution in [0.15, 0.2) is 114 Å². The highest BCUT2D eigenvalue weighted by Gasteiger charge is 1.96. The van der Waals surface area contributed by atoms with E-state index >= 15 is 0 Å². The highest BCUT2D eigenvalue weighted by Crippen LogP contribution is 2.20. The van der Waals surface area contributed by atoms with Crippen molar-refractivity contribution in [2.45, 2.75) is 0 Å². The maximum Gasteiger partial charge on any atom is 0.130 e. The quantitative estimate of drug-likeness (QED) is 0.336. The van der Waals surface area contributed by atoms with Crippen LogP contribution < -0.4 is 4.74 Å². The van der Waals surface area contributed by atoms with Gasteiger partial charge in [-0.1, -0.05) is 64.5 Å². The Bertz CT molecular complexity index is 963. The molecule has 0 radical (unpaired) electrons. The molecule has 1 N–H and O–H groups in total. The predicted octanol–water partition coefficient (Wildman–Crippen LogP) is 7.60. The molecule has 29 heavy (non-hydrogen) atoms. The number of aromatic hydroxyl groups is 1. The van der Waals surface area contributed by atoms with Gasteiger partial charge in [0.25, 0.3) is 0 Å². The smallest absolute Gasteiger partial charge is 0.130 e. The molecule has 5 heteroatoms. The maximum absolute atomic E-state index is 12.8. The van der Waals surface area contributed by atoms with Crippen molar-refractivity contribution >= 4 is 15.9 Å². The Labute approximate surface area is 177 Å². The summed E-state index contributed by atoms with van der Waals surface area (Å²) in [5.41, 5.74) is 0. The van der Waals surface area contributed by atoms with Crippen LogP contribution in [-0.2, 0) is 0 Å². The molecule has 0 unspecified atom stereocenters. The second-order valence-corrected chi connectivity index (χ2v) is 6.56. The van der Waals surface area contributed by atoms with Crippen LogP contribution in [0.4, 0.5) is 8.78 Å². The molecular weight excluding hydrogens is 438 g/mol. The molecule has 0 fully saturated rings. The average molecular weight is 457 g/mol. The minimum absolute atomic E-state index is 0.209. The molecule has 0 saturated carbocycles. The van der Waals surface area contributed by atoms with Gasteiger partial charge in [0.15, 0.2) is 0 Å². The summed E-state index contributed by atoms with van der Waals surface area (Å²) in [4.78, 5) is 0. The zero-order valence-electron chi connectivity index (χ0n) is 15.4. The Morgan fingerprint density at radius 1 is 0.586 bits per heavy atom. The third-order valence-electron chi connectivity index (χ3n) is 3.32. The van der Waals surface area contributed by atoms with E-state index in [0.29, 0.717) is 17.2 Å². The molecule has 4 aromatic carbocycles. The molecule has 0 aliphatic heterocycles. The van der Waals surface area contributed by atoms with Gasteiger partial charge in [0.2, 0.25) is 0 Å². The van der Waals surface area contributed by atoms with Gasteiger partial charge < -0.3 is 9.84 Å². The van der Waals surface area contributed by atoms with E-state index in [1.807, 2.05) is 36.4 Å².